The van der Waals surface area contributed by atoms with Gasteiger partial charge in [0.2, 0.25) is 0 Å². The fraction of sp³-hybridized carbons (Fsp3) is 0.480. The van der Waals surface area contributed by atoms with Crippen LogP contribution in [0.25, 0.3) is 0 Å². The zero-order chi connectivity index (χ0) is 25.8. The summed E-state index contributed by atoms with van der Waals surface area (Å²) in [5.74, 6) is 0.361. The first kappa shape index (κ1) is 27.6. The Kier molecular flexibility index (Phi) is 9.31. The minimum Gasteiger partial charge on any atom is -0.490 e. The van der Waals surface area contributed by atoms with Gasteiger partial charge in [0, 0.05) is 17.6 Å². The van der Waals surface area contributed by atoms with Gasteiger partial charge in [-0.25, -0.2) is 4.79 Å². The highest BCUT2D eigenvalue weighted by Crippen LogP contribution is 2.44. The van der Waals surface area contributed by atoms with E-state index in [1.165, 1.54) is 23.3 Å². The van der Waals surface area contributed by atoms with Crippen LogP contribution in [0.3, 0.4) is 0 Å². The minimum absolute atomic E-state index is 0.114. The molecule has 0 saturated carbocycles. The SMILES string of the molecule is COCCOc1ccc(C(=O)NC(=S)Nc2sc3c(c2C(=O)OC)CCC(C(C)(C)C)C3)cc1Br. The Balaban J connectivity index is 1.73. The van der Waals surface area contributed by atoms with Crippen molar-refractivity contribution in [3.8, 4) is 5.75 Å². The minimum atomic E-state index is -0.402. The van der Waals surface area contributed by atoms with Gasteiger partial charge in [-0.1, -0.05) is 20.8 Å². The fourth-order valence-corrected chi connectivity index (χ4v) is 6.11. The van der Waals surface area contributed by atoms with Gasteiger partial charge in [0.05, 0.1) is 23.8 Å². The second kappa shape index (κ2) is 11.8. The van der Waals surface area contributed by atoms with E-state index in [2.05, 4.69) is 47.3 Å². The monoisotopic (exact) mass is 582 g/mol. The third kappa shape index (κ3) is 6.81. The van der Waals surface area contributed by atoms with Gasteiger partial charge in [0.1, 0.15) is 17.4 Å². The van der Waals surface area contributed by atoms with E-state index in [4.69, 9.17) is 26.4 Å². The lowest BCUT2D eigenvalue weighted by atomic mass is 9.72. The summed E-state index contributed by atoms with van der Waals surface area (Å²) in [7, 11) is 2.97. The van der Waals surface area contributed by atoms with Crippen LogP contribution >= 0.6 is 39.5 Å². The molecule has 2 aromatic rings. The second-order valence-corrected chi connectivity index (χ2v) is 11.8. The average Bonchev–Trinajstić information content (AvgIpc) is 3.15. The van der Waals surface area contributed by atoms with Crippen LogP contribution in [-0.4, -0.2) is 44.4 Å². The zero-order valence-corrected chi connectivity index (χ0v) is 23.8. The first-order valence-electron chi connectivity index (χ1n) is 11.3. The van der Waals surface area contributed by atoms with Gasteiger partial charge in [-0.15, -0.1) is 11.3 Å². The molecule has 0 radical (unpaired) electrons. The molecular formula is C25H31BrN2O5S2. The third-order valence-electron chi connectivity index (χ3n) is 6.07. The van der Waals surface area contributed by atoms with E-state index in [0.29, 0.717) is 45.5 Å². The summed E-state index contributed by atoms with van der Waals surface area (Å²) in [4.78, 5) is 26.6. The molecule has 7 nitrogen and oxygen atoms in total. The first-order valence-corrected chi connectivity index (χ1v) is 13.3. The maximum atomic E-state index is 12.8. The Bertz CT molecular complexity index is 1110. The summed E-state index contributed by atoms with van der Waals surface area (Å²) in [6, 6.07) is 5.02. The van der Waals surface area contributed by atoms with E-state index in [1.54, 1.807) is 25.3 Å². The van der Waals surface area contributed by atoms with Gasteiger partial charge < -0.3 is 19.5 Å². The average molecular weight is 584 g/mol. The van der Waals surface area contributed by atoms with Crippen LogP contribution in [-0.2, 0) is 22.3 Å². The number of esters is 1. The quantitative estimate of drug-likeness (QED) is 0.249. The van der Waals surface area contributed by atoms with Gasteiger partial charge in [0.15, 0.2) is 5.11 Å². The number of carbonyl (C=O) groups excluding carboxylic acids is 2. The number of thiophene rings is 1. The molecule has 0 saturated heterocycles. The Labute approximate surface area is 224 Å². The van der Waals surface area contributed by atoms with Crippen LogP contribution in [0, 0.1) is 11.3 Å². The van der Waals surface area contributed by atoms with Crippen molar-refractivity contribution in [2.75, 3.05) is 32.8 Å². The second-order valence-electron chi connectivity index (χ2n) is 9.40. The van der Waals surface area contributed by atoms with E-state index in [-0.39, 0.29) is 16.4 Å². The van der Waals surface area contributed by atoms with Crippen molar-refractivity contribution < 1.29 is 23.8 Å². The highest BCUT2D eigenvalue weighted by Gasteiger charge is 2.34. The van der Waals surface area contributed by atoms with Crippen LogP contribution in [0.4, 0.5) is 5.00 Å². The molecule has 1 aliphatic carbocycles. The molecule has 1 aliphatic rings. The molecule has 0 bridgehead atoms. The highest BCUT2D eigenvalue weighted by molar-refractivity contribution is 9.10. The maximum absolute atomic E-state index is 12.8. The number of halogens is 1. The number of anilines is 1. The molecule has 1 aromatic carbocycles. The van der Waals surface area contributed by atoms with E-state index in [1.807, 2.05) is 0 Å². The number of benzene rings is 1. The summed E-state index contributed by atoms with van der Waals surface area (Å²) in [6.45, 7) is 7.61. The van der Waals surface area contributed by atoms with Crippen molar-refractivity contribution in [3.05, 3.63) is 44.2 Å². The Morgan fingerprint density at radius 2 is 1.97 bits per heavy atom. The van der Waals surface area contributed by atoms with Crippen LogP contribution in [0.5, 0.6) is 5.75 Å². The Morgan fingerprint density at radius 3 is 2.60 bits per heavy atom. The van der Waals surface area contributed by atoms with Crippen molar-refractivity contribution in [1.29, 1.82) is 0 Å². The summed E-state index contributed by atoms with van der Waals surface area (Å²) >= 11 is 10.3. The molecule has 1 atom stereocenters. The molecule has 3 rings (SSSR count). The first-order chi connectivity index (χ1) is 16.5. The molecule has 10 heteroatoms. The molecule has 0 spiro atoms. The molecule has 1 heterocycles. The van der Waals surface area contributed by atoms with Crippen molar-refractivity contribution in [2.24, 2.45) is 11.3 Å². The number of fused-ring (bicyclic) bond motifs is 1. The van der Waals surface area contributed by atoms with Crippen LogP contribution in [0.15, 0.2) is 22.7 Å². The summed E-state index contributed by atoms with van der Waals surface area (Å²) in [6.07, 6.45) is 2.73. The van der Waals surface area contributed by atoms with Gasteiger partial charge in [-0.05, 0) is 82.5 Å². The van der Waals surface area contributed by atoms with E-state index in [9.17, 15) is 9.59 Å². The van der Waals surface area contributed by atoms with Gasteiger partial charge in [0.25, 0.3) is 5.91 Å². The normalized spacial score (nSPS) is 15.2. The standard InChI is InChI=1S/C25H31BrN2O5S2/c1-25(2,3)15-7-8-16-19(13-15)35-22(20(16)23(30)32-5)28-24(34)27-21(29)14-6-9-18(17(26)12-14)33-11-10-31-4/h6,9,12,15H,7-8,10-11,13H2,1-5H3,(H2,27,28,29,34). The molecular weight excluding hydrogens is 552 g/mol. The molecule has 1 unspecified atom stereocenters. The van der Waals surface area contributed by atoms with Crippen LogP contribution in [0.1, 0.15) is 58.3 Å². The largest absolute Gasteiger partial charge is 0.490 e. The predicted molar refractivity (Wildman–Crippen MR) is 146 cm³/mol. The number of amides is 1. The van der Waals surface area contributed by atoms with E-state index >= 15 is 0 Å². The highest BCUT2D eigenvalue weighted by atomic mass is 79.9. The molecule has 0 fully saturated rings. The van der Waals surface area contributed by atoms with Crippen LogP contribution in [0.2, 0.25) is 0 Å². The lowest BCUT2D eigenvalue weighted by molar-refractivity contribution is 0.0600. The number of ether oxygens (including phenoxy) is 3. The summed E-state index contributed by atoms with van der Waals surface area (Å²) in [5.41, 5.74) is 2.12. The van der Waals surface area contributed by atoms with E-state index in [0.717, 1.165) is 24.8 Å². The number of carbonyl (C=O) groups is 2. The zero-order valence-electron chi connectivity index (χ0n) is 20.6. The molecule has 0 aliphatic heterocycles. The molecule has 1 amide bonds. The molecule has 1 aromatic heterocycles. The number of rotatable bonds is 7. The number of methoxy groups -OCH3 is 2. The van der Waals surface area contributed by atoms with Gasteiger partial charge >= 0.3 is 5.97 Å². The Morgan fingerprint density at radius 1 is 1.23 bits per heavy atom. The lowest BCUT2D eigenvalue weighted by Crippen LogP contribution is -2.34. The number of hydrogen-bond donors (Lipinski definition) is 2. The fourth-order valence-electron chi connectivity index (χ4n) is 4.03. The van der Waals surface area contributed by atoms with Crippen molar-refractivity contribution in [3.63, 3.8) is 0 Å². The summed E-state index contributed by atoms with van der Waals surface area (Å²) in [5, 5.41) is 6.48. The van der Waals surface area contributed by atoms with E-state index < -0.39 is 5.97 Å². The number of hydrogen-bond acceptors (Lipinski definition) is 7. The third-order valence-corrected chi connectivity index (χ3v) is 8.07. The van der Waals surface area contributed by atoms with Gasteiger partial charge in [-0.3, -0.25) is 10.1 Å². The number of thiocarbonyl (C=S) groups is 1. The van der Waals surface area contributed by atoms with Crippen LogP contribution < -0.4 is 15.4 Å². The molecule has 190 valence electrons. The van der Waals surface area contributed by atoms with Gasteiger partial charge in [-0.2, -0.15) is 0 Å². The smallest absolute Gasteiger partial charge is 0.341 e. The maximum Gasteiger partial charge on any atom is 0.341 e. The van der Waals surface area contributed by atoms with Crippen molar-refractivity contribution in [2.45, 2.75) is 40.0 Å². The summed E-state index contributed by atoms with van der Waals surface area (Å²) < 4.78 is 16.3. The van der Waals surface area contributed by atoms with Crippen molar-refractivity contribution >= 4 is 61.5 Å². The lowest BCUT2D eigenvalue weighted by Gasteiger charge is -2.33. The van der Waals surface area contributed by atoms with Crippen molar-refractivity contribution in [1.82, 2.24) is 5.32 Å². The molecule has 2 N–H and O–H groups in total. The number of nitrogens with one attached hydrogen (secondary N) is 2. The predicted octanol–water partition coefficient (Wildman–Crippen LogP) is 5.60. The Hall–Kier alpha value is -2.01. The molecule has 35 heavy (non-hydrogen) atoms. The topological polar surface area (TPSA) is 85.9 Å².